The fourth-order valence-corrected chi connectivity index (χ4v) is 5.25. The summed E-state index contributed by atoms with van der Waals surface area (Å²) in [6, 6.07) is 11.3. The van der Waals surface area contributed by atoms with Crippen molar-refractivity contribution in [1.29, 1.82) is 0 Å². The normalized spacial score (nSPS) is 14.9. The molecule has 1 aliphatic heterocycles. The Labute approximate surface area is 187 Å². The van der Waals surface area contributed by atoms with E-state index in [0.29, 0.717) is 5.56 Å². The van der Waals surface area contributed by atoms with Crippen molar-refractivity contribution in [2.24, 2.45) is 0 Å². The average molecular weight is 463 g/mol. The molecule has 0 spiro atoms. The molecule has 9 heteroatoms. The zero-order valence-corrected chi connectivity index (χ0v) is 19.0. The molecule has 0 bridgehead atoms. The third-order valence-electron chi connectivity index (χ3n) is 5.44. The number of halogens is 1. The Morgan fingerprint density at radius 1 is 1.00 bits per heavy atom. The summed E-state index contributed by atoms with van der Waals surface area (Å²) >= 11 is 0. The first-order valence-electron chi connectivity index (χ1n) is 10.4. The van der Waals surface area contributed by atoms with Crippen LogP contribution < -0.4 is 0 Å². The molecule has 172 valence electrons. The first-order chi connectivity index (χ1) is 15.2. The molecule has 0 atom stereocenters. The number of aryl methyl sites for hydroxylation is 2. The van der Waals surface area contributed by atoms with Crippen LogP contribution in [0.3, 0.4) is 0 Å². The van der Waals surface area contributed by atoms with E-state index in [1.165, 1.54) is 16.4 Å². The van der Waals surface area contributed by atoms with Gasteiger partial charge >= 0.3 is 5.97 Å². The average Bonchev–Trinajstić information content (AvgIpc) is 2.78. The van der Waals surface area contributed by atoms with Crippen molar-refractivity contribution in [3.05, 3.63) is 65.0 Å². The van der Waals surface area contributed by atoms with Crippen LogP contribution in [-0.2, 0) is 31.0 Å². The van der Waals surface area contributed by atoms with E-state index in [1.54, 1.807) is 36.1 Å². The minimum Gasteiger partial charge on any atom is -0.461 e. The summed E-state index contributed by atoms with van der Waals surface area (Å²) in [5.74, 6) is -1.28. The Balaban J connectivity index is 1.47. The Kier molecular flexibility index (Phi) is 7.63. The van der Waals surface area contributed by atoms with Crippen molar-refractivity contribution in [2.45, 2.75) is 38.2 Å². The van der Waals surface area contributed by atoms with E-state index in [-0.39, 0.29) is 62.0 Å². The van der Waals surface area contributed by atoms with Gasteiger partial charge in [-0.3, -0.25) is 9.59 Å². The second kappa shape index (κ2) is 10.2. The number of carbonyl (C=O) groups is 2. The van der Waals surface area contributed by atoms with Gasteiger partial charge in [-0.1, -0.05) is 30.3 Å². The molecule has 1 heterocycles. The fourth-order valence-electron chi connectivity index (χ4n) is 3.52. The van der Waals surface area contributed by atoms with E-state index < -0.39 is 21.8 Å². The number of sulfonamides is 1. The molecule has 3 rings (SSSR count). The standard InChI is InChI=1S/C23H27FN2O5S/c1-17-7-8-18(2)21(15-17)32(29,30)26-13-11-25(12-14-26)22(27)9-10-23(28)31-16-19-5-3-4-6-20(19)24/h3-8,15H,9-14,16H2,1-2H3. The van der Waals surface area contributed by atoms with Crippen LogP contribution in [0.25, 0.3) is 0 Å². The molecule has 0 N–H and O–H groups in total. The first kappa shape index (κ1) is 23.9. The van der Waals surface area contributed by atoms with Crippen LogP contribution in [0.15, 0.2) is 47.4 Å². The van der Waals surface area contributed by atoms with Crippen LogP contribution in [0.1, 0.15) is 29.5 Å². The second-order valence-corrected chi connectivity index (χ2v) is 9.71. The van der Waals surface area contributed by atoms with Gasteiger partial charge in [-0.25, -0.2) is 12.8 Å². The largest absolute Gasteiger partial charge is 0.461 e. The Hall–Kier alpha value is -2.78. The predicted octanol–water partition coefficient (Wildman–Crippen LogP) is 2.80. The number of hydrogen-bond donors (Lipinski definition) is 0. The molecule has 1 amide bonds. The van der Waals surface area contributed by atoms with E-state index >= 15 is 0 Å². The lowest BCUT2D eigenvalue weighted by molar-refractivity contribution is -0.147. The highest BCUT2D eigenvalue weighted by Crippen LogP contribution is 2.22. The molecule has 0 unspecified atom stereocenters. The van der Waals surface area contributed by atoms with Crippen molar-refractivity contribution in [2.75, 3.05) is 26.2 Å². The minimum atomic E-state index is -3.64. The van der Waals surface area contributed by atoms with Gasteiger partial charge in [0.05, 0.1) is 11.3 Å². The summed E-state index contributed by atoms with van der Waals surface area (Å²) in [6.07, 6.45) is -0.159. The monoisotopic (exact) mass is 462 g/mol. The Bertz CT molecular complexity index is 1100. The quantitative estimate of drug-likeness (QED) is 0.591. The first-order valence-corrected chi connectivity index (χ1v) is 11.9. The van der Waals surface area contributed by atoms with Gasteiger partial charge in [0.1, 0.15) is 12.4 Å². The molecule has 7 nitrogen and oxygen atoms in total. The van der Waals surface area contributed by atoms with Crippen LogP contribution in [0, 0.1) is 19.7 Å². The van der Waals surface area contributed by atoms with Gasteiger partial charge in [-0.2, -0.15) is 4.31 Å². The van der Waals surface area contributed by atoms with Crippen LogP contribution >= 0.6 is 0 Å². The zero-order valence-electron chi connectivity index (χ0n) is 18.2. The molecule has 0 radical (unpaired) electrons. The van der Waals surface area contributed by atoms with Gasteiger partial charge in [-0.05, 0) is 37.1 Å². The van der Waals surface area contributed by atoms with Gasteiger partial charge in [0.25, 0.3) is 0 Å². The Morgan fingerprint density at radius 3 is 2.38 bits per heavy atom. The molecule has 1 saturated heterocycles. The highest BCUT2D eigenvalue weighted by Gasteiger charge is 2.31. The van der Waals surface area contributed by atoms with Gasteiger partial charge in [0, 0.05) is 38.2 Å². The van der Waals surface area contributed by atoms with Gasteiger partial charge in [0.2, 0.25) is 15.9 Å². The third kappa shape index (κ3) is 5.72. The molecule has 2 aromatic carbocycles. The number of hydrogen-bond acceptors (Lipinski definition) is 5. The van der Waals surface area contributed by atoms with Crippen molar-refractivity contribution in [1.82, 2.24) is 9.21 Å². The van der Waals surface area contributed by atoms with E-state index in [2.05, 4.69) is 0 Å². The molecule has 32 heavy (non-hydrogen) atoms. The Morgan fingerprint density at radius 2 is 1.69 bits per heavy atom. The number of amides is 1. The number of piperazine rings is 1. The van der Waals surface area contributed by atoms with E-state index in [1.807, 2.05) is 13.0 Å². The van der Waals surface area contributed by atoms with Crippen molar-refractivity contribution in [3.63, 3.8) is 0 Å². The van der Waals surface area contributed by atoms with Crippen molar-refractivity contribution < 1.29 is 27.1 Å². The number of benzene rings is 2. The molecule has 2 aromatic rings. The maximum atomic E-state index is 13.6. The molecule has 1 fully saturated rings. The zero-order chi connectivity index (χ0) is 23.3. The summed E-state index contributed by atoms with van der Waals surface area (Å²) in [4.78, 5) is 26.2. The number of ether oxygens (including phenoxy) is 1. The fraction of sp³-hybridized carbons (Fsp3) is 0.391. The molecule has 0 aromatic heterocycles. The smallest absolute Gasteiger partial charge is 0.306 e. The van der Waals surface area contributed by atoms with Gasteiger partial charge < -0.3 is 9.64 Å². The molecule has 0 aliphatic carbocycles. The summed E-state index contributed by atoms with van der Waals surface area (Å²) in [5, 5.41) is 0. The third-order valence-corrected chi connectivity index (χ3v) is 7.48. The molecular formula is C23H27FN2O5S. The van der Waals surface area contributed by atoms with E-state index in [0.717, 1.165) is 5.56 Å². The summed E-state index contributed by atoms with van der Waals surface area (Å²) in [7, 11) is -3.64. The lowest BCUT2D eigenvalue weighted by Crippen LogP contribution is -2.50. The predicted molar refractivity (Wildman–Crippen MR) is 117 cm³/mol. The SMILES string of the molecule is Cc1ccc(C)c(S(=O)(=O)N2CCN(C(=O)CCC(=O)OCc3ccccc3F)CC2)c1. The maximum Gasteiger partial charge on any atom is 0.306 e. The van der Waals surface area contributed by atoms with Crippen molar-refractivity contribution in [3.8, 4) is 0 Å². The topological polar surface area (TPSA) is 84.0 Å². The molecule has 0 saturated carbocycles. The molecule has 1 aliphatic rings. The van der Waals surface area contributed by atoms with Gasteiger partial charge in [-0.15, -0.1) is 0 Å². The minimum absolute atomic E-state index is 0.0418. The van der Waals surface area contributed by atoms with Crippen molar-refractivity contribution >= 4 is 21.9 Å². The lowest BCUT2D eigenvalue weighted by Gasteiger charge is -2.34. The van der Waals surface area contributed by atoms with Gasteiger partial charge in [0.15, 0.2) is 0 Å². The number of rotatable bonds is 7. The summed E-state index contributed by atoms with van der Waals surface area (Å²) in [5.41, 5.74) is 1.82. The van der Waals surface area contributed by atoms with E-state index in [4.69, 9.17) is 4.74 Å². The lowest BCUT2D eigenvalue weighted by atomic mass is 10.2. The summed E-state index contributed by atoms with van der Waals surface area (Å²) < 4.78 is 46.0. The van der Waals surface area contributed by atoms with Crippen LogP contribution in [0.2, 0.25) is 0 Å². The van der Waals surface area contributed by atoms with E-state index in [9.17, 15) is 22.4 Å². The molecular weight excluding hydrogens is 435 g/mol. The highest BCUT2D eigenvalue weighted by molar-refractivity contribution is 7.89. The van der Waals surface area contributed by atoms with Crippen LogP contribution in [0.4, 0.5) is 4.39 Å². The number of nitrogens with zero attached hydrogens (tertiary/aromatic N) is 2. The van der Waals surface area contributed by atoms with Crippen LogP contribution in [0.5, 0.6) is 0 Å². The summed E-state index contributed by atoms with van der Waals surface area (Å²) in [6.45, 7) is 4.32. The van der Waals surface area contributed by atoms with Crippen LogP contribution in [-0.4, -0.2) is 55.7 Å². The highest BCUT2D eigenvalue weighted by atomic mass is 32.2. The second-order valence-electron chi connectivity index (χ2n) is 7.81. The number of esters is 1. The number of carbonyl (C=O) groups excluding carboxylic acids is 2. The maximum absolute atomic E-state index is 13.6.